The summed E-state index contributed by atoms with van der Waals surface area (Å²) in [7, 11) is 1.70. The van der Waals surface area contributed by atoms with Crippen LogP contribution in [0.4, 0.5) is 0 Å². The average molecular weight is 201 g/mol. The smallest absolute Gasteiger partial charge is 0.0771 e. The Bertz CT molecular complexity index is 142. The molecule has 84 valence electrons. The first-order valence-electron chi connectivity index (χ1n) is 5.69. The lowest BCUT2D eigenvalue weighted by Gasteiger charge is -2.26. The molecule has 0 heterocycles. The van der Waals surface area contributed by atoms with E-state index in [0.29, 0.717) is 0 Å². The Hall–Kier alpha value is -0.120. The molecule has 0 aromatic rings. The molecule has 1 aliphatic carbocycles. The Balaban J connectivity index is 2.17. The zero-order chi connectivity index (χ0) is 10.3. The van der Waals surface area contributed by atoms with E-state index in [1.54, 1.807) is 7.11 Å². The predicted molar refractivity (Wildman–Crippen MR) is 57.4 cm³/mol. The van der Waals surface area contributed by atoms with Crippen molar-refractivity contribution >= 4 is 0 Å². The molecule has 14 heavy (non-hydrogen) atoms. The van der Waals surface area contributed by atoms with Crippen molar-refractivity contribution in [2.75, 3.05) is 26.8 Å². The summed E-state index contributed by atoms with van der Waals surface area (Å²) in [5, 5.41) is 13.5. The molecule has 0 unspecified atom stereocenters. The van der Waals surface area contributed by atoms with Gasteiger partial charge in [0.15, 0.2) is 0 Å². The van der Waals surface area contributed by atoms with Gasteiger partial charge in [-0.15, -0.1) is 0 Å². The van der Waals surface area contributed by atoms with Gasteiger partial charge in [-0.2, -0.15) is 0 Å². The number of methoxy groups -OCH3 is 1. The van der Waals surface area contributed by atoms with Gasteiger partial charge in [-0.1, -0.05) is 25.7 Å². The van der Waals surface area contributed by atoms with Crippen LogP contribution >= 0.6 is 0 Å². The van der Waals surface area contributed by atoms with Crippen LogP contribution in [0.3, 0.4) is 0 Å². The van der Waals surface area contributed by atoms with E-state index in [0.717, 1.165) is 32.5 Å². The molecule has 3 nitrogen and oxygen atoms in total. The van der Waals surface area contributed by atoms with Gasteiger partial charge in [0.25, 0.3) is 0 Å². The van der Waals surface area contributed by atoms with Crippen LogP contribution in [0.2, 0.25) is 0 Å². The topological polar surface area (TPSA) is 41.5 Å². The summed E-state index contributed by atoms with van der Waals surface area (Å²) < 4.78 is 4.94. The molecule has 0 saturated heterocycles. The van der Waals surface area contributed by atoms with Gasteiger partial charge in [0.2, 0.25) is 0 Å². The molecule has 0 amide bonds. The maximum absolute atomic E-state index is 10.2. The van der Waals surface area contributed by atoms with E-state index in [2.05, 4.69) is 5.32 Å². The quantitative estimate of drug-likeness (QED) is 0.520. The summed E-state index contributed by atoms with van der Waals surface area (Å²) in [6, 6.07) is 0. The summed E-state index contributed by atoms with van der Waals surface area (Å²) >= 11 is 0. The lowest BCUT2D eigenvalue weighted by molar-refractivity contribution is 0.0240. The van der Waals surface area contributed by atoms with Crippen molar-refractivity contribution in [2.45, 2.75) is 44.1 Å². The van der Waals surface area contributed by atoms with E-state index in [1.165, 1.54) is 25.7 Å². The van der Waals surface area contributed by atoms with E-state index in [1.807, 2.05) is 0 Å². The summed E-state index contributed by atoms with van der Waals surface area (Å²) in [6.45, 7) is 2.27. The molecule has 1 rings (SSSR count). The van der Waals surface area contributed by atoms with Crippen molar-refractivity contribution in [3.8, 4) is 0 Å². The maximum Gasteiger partial charge on any atom is 0.0771 e. The lowest BCUT2D eigenvalue weighted by Crippen LogP contribution is -2.41. The van der Waals surface area contributed by atoms with Crippen molar-refractivity contribution < 1.29 is 9.84 Å². The number of ether oxygens (including phenoxy) is 1. The van der Waals surface area contributed by atoms with Crippen LogP contribution in [0.5, 0.6) is 0 Å². The Labute approximate surface area is 86.8 Å². The summed E-state index contributed by atoms with van der Waals surface area (Å²) in [5.74, 6) is 0. The van der Waals surface area contributed by atoms with E-state index in [9.17, 15) is 5.11 Å². The van der Waals surface area contributed by atoms with Crippen molar-refractivity contribution in [3.63, 3.8) is 0 Å². The number of nitrogens with one attached hydrogen (secondary N) is 1. The van der Waals surface area contributed by atoms with Crippen LogP contribution in [0.1, 0.15) is 38.5 Å². The van der Waals surface area contributed by atoms with Crippen molar-refractivity contribution in [2.24, 2.45) is 0 Å². The largest absolute Gasteiger partial charge is 0.389 e. The molecule has 0 radical (unpaired) electrons. The van der Waals surface area contributed by atoms with Gasteiger partial charge >= 0.3 is 0 Å². The molecule has 1 fully saturated rings. The molecular formula is C11H23NO2. The first kappa shape index (κ1) is 12.0. The lowest BCUT2D eigenvalue weighted by atomic mass is 9.94. The third-order valence-corrected chi connectivity index (χ3v) is 2.97. The molecule has 2 N–H and O–H groups in total. The second-order valence-electron chi connectivity index (χ2n) is 4.31. The fourth-order valence-corrected chi connectivity index (χ4v) is 2.06. The molecule has 1 aliphatic rings. The second-order valence-corrected chi connectivity index (χ2v) is 4.31. The first-order chi connectivity index (χ1) is 6.77. The minimum atomic E-state index is -0.454. The molecule has 1 saturated carbocycles. The Morgan fingerprint density at radius 1 is 1.21 bits per heavy atom. The number of rotatable bonds is 5. The van der Waals surface area contributed by atoms with Crippen LogP contribution < -0.4 is 5.32 Å². The minimum Gasteiger partial charge on any atom is -0.389 e. The molecule has 0 aliphatic heterocycles. The van der Waals surface area contributed by atoms with E-state index in [-0.39, 0.29) is 0 Å². The normalized spacial score (nSPS) is 21.9. The molecule has 0 aromatic heterocycles. The van der Waals surface area contributed by atoms with Crippen molar-refractivity contribution in [1.82, 2.24) is 5.32 Å². The standard InChI is InChI=1S/C11H23NO2/c1-14-9-8-12-10-11(13)6-4-2-3-5-7-11/h12-13H,2-10H2,1H3. The van der Waals surface area contributed by atoms with Gasteiger partial charge < -0.3 is 15.2 Å². The van der Waals surface area contributed by atoms with Crippen LogP contribution in [0.15, 0.2) is 0 Å². The second kappa shape index (κ2) is 6.38. The minimum absolute atomic E-state index is 0.454. The van der Waals surface area contributed by atoms with Crippen molar-refractivity contribution in [3.05, 3.63) is 0 Å². The highest BCUT2D eigenvalue weighted by Crippen LogP contribution is 2.26. The van der Waals surface area contributed by atoms with Gasteiger partial charge in [0.1, 0.15) is 0 Å². The molecular weight excluding hydrogens is 178 g/mol. The van der Waals surface area contributed by atoms with Crippen LogP contribution in [0, 0.1) is 0 Å². The molecule has 0 aromatic carbocycles. The summed E-state index contributed by atoms with van der Waals surface area (Å²) in [4.78, 5) is 0. The highest BCUT2D eigenvalue weighted by Gasteiger charge is 2.26. The zero-order valence-corrected chi connectivity index (χ0v) is 9.22. The Morgan fingerprint density at radius 2 is 1.86 bits per heavy atom. The fraction of sp³-hybridized carbons (Fsp3) is 1.00. The zero-order valence-electron chi connectivity index (χ0n) is 9.22. The fourth-order valence-electron chi connectivity index (χ4n) is 2.06. The Morgan fingerprint density at radius 3 is 2.43 bits per heavy atom. The SMILES string of the molecule is COCCNCC1(O)CCCCCC1. The average Bonchev–Trinajstić information content (AvgIpc) is 2.39. The van der Waals surface area contributed by atoms with Gasteiger partial charge in [-0.25, -0.2) is 0 Å². The Kier molecular flexibility index (Phi) is 5.45. The highest BCUT2D eigenvalue weighted by molar-refractivity contribution is 4.82. The molecule has 0 bridgehead atoms. The molecule has 3 heteroatoms. The van der Waals surface area contributed by atoms with Gasteiger partial charge in [0, 0.05) is 20.2 Å². The molecule has 0 spiro atoms. The van der Waals surface area contributed by atoms with Crippen LogP contribution in [0.25, 0.3) is 0 Å². The number of hydrogen-bond donors (Lipinski definition) is 2. The third kappa shape index (κ3) is 4.40. The van der Waals surface area contributed by atoms with Crippen molar-refractivity contribution in [1.29, 1.82) is 0 Å². The van der Waals surface area contributed by atoms with Gasteiger partial charge in [0.05, 0.1) is 12.2 Å². The number of aliphatic hydroxyl groups is 1. The first-order valence-corrected chi connectivity index (χ1v) is 5.69. The predicted octanol–water partition coefficient (Wildman–Crippen LogP) is 1.31. The maximum atomic E-state index is 10.2. The summed E-state index contributed by atoms with van der Waals surface area (Å²) in [5.41, 5.74) is -0.454. The van der Waals surface area contributed by atoms with Gasteiger partial charge in [-0.05, 0) is 12.8 Å². The highest BCUT2D eigenvalue weighted by atomic mass is 16.5. The third-order valence-electron chi connectivity index (χ3n) is 2.97. The monoisotopic (exact) mass is 201 g/mol. The van der Waals surface area contributed by atoms with Crippen LogP contribution in [-0.2, 0) is 4.74 Å². The molecule has 0 atom stereocenters. The van der Waals surface area contributed by atoms with E-state index < -0.39 is 5.60 Å². The van der Waals surface area contributed by atoms with Crippen LogP contribution in [-0.4, -0.2) is 37.5 Å². The van der Waals surface area contributed by atoms with E-state index >= 15 is 0 Å². The van der Waals surface area contributed by atoms with Gasteiger partial charge in [-0.3, -0.25) is 0 Å². The summed E-state index contributed by atoms with van der Waals surface area (Å²) in [6.07, 6.45) is 6.80. The van der Waals surface area contributed by atoms with E-state index in [4.69, 9.17) is 4.74 Å². The number of hydrogen-bond acceptors (Lipinski definition) is 3.